The number of allylic oxidation sites excluding steroid dienone is 1. The van der Waals surface area contributed by atoms with Crippen LogP contribution in [-0.4, -0.2) is 17.3 Å². The van der Waals surface area contributed by atoms with Crippen LogP contribution in [0.4, 0.5) is 0 Å². The van der Waals surface area contributed by atoms with Crippen LogP contribution >= 0.6 is 0 Å². The molecular formula is C26H38O3. The Balaban J connectivity index is 1.63. The van der Waals surface area contributed by atoms with Gasteiger partial charge in [-0.15, -0.1) is 0 Å². The lowest BCUT2D eigenvalue weighted by Gasteiger charge is -2.59. The van der Waals surface area contributed by atoms with Crippen molar-refractivity contribution < 1.29 is 14.4 Å². The van der Waals surface area contributed by atoms with E-state index in [4.69, 9.17) is 0 Å². The molecule has 29 heavy (non-hydrogen) atoms. The van der Waals surface area contributed by atoms with E-state index in [9.17, 15) is 14.4 Å². The van der Waals surface area contributed by atoms with E-state index in [1.165, 1.54) is 5.57 Å². The fraction of sp³-hybridized carbons (Fsp3) is 0.808. The van der Waals surface area contributed by atoms with Gasteiger partial charge in [0.25, 0.3) is 0 Å². The van der Waals surface area contributed by atoms with E-state index in [2.05, 4.69) is 20.8 Å². The van der Waals surface area contributed by atoms with Gasteiger partial charge in [0, 0.05) is 31.1 Å². The van der Waals surface area contributed by atoms with Crippen LogP contribution in [0.5, 0.6) is 0 Å². The predicted molar refractivity (Wildman–Crippen MR) is 114 cm³/mol. The molecule has 3 fully saturated rings. The lowest BCUT2D eigenvalue weighted by molar-refractivity contribution is -0.135. The third-order valence-electron chi connectivity index (χ3n) is 9.45. The number of hydrogen-bond acceptors (Lipinski definition) is 3. The zero-order chi connectivity index (χ0) is 20.8. The molecular weight excluding hydrogens is 360 g/mol. The maximum absolute atomic E-state index is 12.8. The van der Waals surface area contributed by atoms with Crippen LogP contribution < -0.4 is 0 Å². The summed E-state index contributed by atoms with van der Waals surface area (Å²) in [6.07, 6.45) is 12.8. The minimum atomic E-state index is -0.145. The van der Waals surface area contributed by atoms with E-state index in [1.54, 1.807) is 0 Å². The number of hydrogen-bond donors (Lipinski definition) is 0. The third kappa shape index (κ3) is 3.47. The summed E-state index contributed by atoms with van der Waals surface area (Å²) in [5, 5.41) is 0. The quantitative estimate of drug-likeness (QED) is 0.563. The SMILES string of the molecule is CCCCC(=O)CCC1CC2=CC(=O)CC[C@]2(C)C2CC[C@]3(C)C(=O)CCC3C12. The minimum Gasteiger partial charge on any atom is -0.300 e. The summed E-state index contributed by atoms with van der Waals surface area (Å²) in [4.78, 5) is 37.4. The highest BCUT2D eigenvalue weighted by atomic mass is 16.1. The molecule has 4 aliphatic carbocycles. The van der Waals surface area contributed by atoms with Gasteiger partial charge in [0.2, 0.25) is 0 Å². The van der Waals surface area contributed by atoms with Crippen LogP contribution in [0.2, 0.25) is 0 Å². The second-order valence-corrected chi connectivity index (χ2v) is 10.9. The van der Waals surface area contributed by atoms with E-state index in [0.29, 0.717) is 54.5 Å². The topological polar surface area (TPSA) is 51.2 Å². The lowest BCUT2D eigenvalue weighted by atomic mass is 9.44. The first-order valence-corrected chi connectivity index (χ1v) is 12.1. The summed E-state index contributed by atoms with van der Waals surface area (Å²) in [5.74, 6) is 3.18. The molecule has 0 aromatic rings. The van der Waals surface area contributed by atoms with E-state index in [-0.39, 0.29) is 16.6 Å². The molecule has 3 heteroatoms. The summed E-state index contributed by atoms with van der Waals surface area (Å²) >= 11 is 0. The molecule has 0 amide bonds. The van der Waals surface area contributed by atoms with Crippen molar-refractivity contribution in [2.45, 2.75) is 97.8 Å². The van der Waals surface area contributed by atoms with Gasteiger partial charge in [-0.05, 0) is 80.1 Å². The maximum atomic E-state index is 12.8. The standard InChI is InChI=1S/C26H38O3/c1-4-5-6-19(27)8-7-17-15-18-16-20(28)11-13-25(18,2)22-12-14-26(3)21(24(17)22)9-10-23(26)29/h16-17,21-22,24H,4-15H2,1-3H3/t17?,21?,22?,24?,25-,26-/m0/s1. The van der Waals surface area contributed by atoms with Crippen molar-refractivity contribution >= 4 is 17.3 Å². The van der Waals surface area contributed by atoms with Crippen molar-refractivity contribution in [3.05, 3.63) is 11.6 Å². The molecule has 160 valence electrons. The number of rotatable bonds is 6. The van der Waals surface area contributed by atoms with Crippen molar-refractivity contribution in [1.82, 2.24) is 0 Å². The lowest BCUT2D eigenvalue weighted by Crippen LogP contribution is -2.53. The second-order valence-electron chi connectivity index (χ2n) is 10.9. The summed E-state index contributed by atoms with van der Waals surface area (Å²) in [7, 11) is 0. The number of Topliss-reactive ketones (excluding diaryl/α,β-unsaturated/α-hetero) is 2. The highest BCUT2D eigenvalue weighted by Gasteiger charge is 2.61. The van der Waals surface area contributed by atoms with Crippen molar-refractivity contribution in [2.24, 2.45) is 34.5 Å². The van der Waals surface area contributed by atoms with E-state index >= 15 is 0 Å². The van der Waals surface area contributed by atoms with Gasteiger partial charge >= 0.3 is 0 Å². The smallest absolute Gasteiger partial charge is 0.155 e. The molecule has 0 radical (unpaired) electrons. The van der Waals surface area contributed by atoms with Gasteiger partial charge in [-0.1, -0.05) is 32.8 Å². The highest BCUT2D eigenvalue weighted by molar-refractivity contribution is 5.91. The summed E-state index contributed by atoms with van der Waals surface area (Å²) in [5.41, 5.74) is 1.33. The monoisotopic (exact) mass is 398 g/mol. The second kappa shape index (κ2) is 7.78. The zero-order valence-electron chi connectivity index (χ0n) is 18.6. The Morgan fingerprint density at radius 1 is 1.03 bits per heavy atom. The van der Waals surface area contributed by atoms with E-state index in [0.717, 1.165) is 57.8 Å². The van der Waals surface area contributed by atoms with Gasteiger partial charge in [0.15, 0.2) is 5.78 Å². The van der Waals surface area contributed by atoms with Crippen LogP contribution in [0.3, 0.4) is 0 Å². The van der Waals surface area contributed by atoms with Crippen LogP contribution in [-0.2, 0) is 14.4 Å². The van der Waals surface area contributed by atoms with E-state index in [1.807, 2.05) is 6.08 Å². The molecule has 0 heterocycles. The van der Waals surface area contributed by atoms with Crippen molar-refractivity contribution in [1.29, 1.82) is 0 Å². The Morgan fingerprint density at radius 2 is 1.79 bits per heavy atom. The average Bonchev–Trinajstić information content (AvgIpc) is 3.00. The first kappa shape index (κ1) is 21.0. The Labute approximate surface area is 176 Å². The first-order chi connectivity index (χ1) is 13.8. The molecule has 3 nitrogen and oxygen atoms in total. The fourth-order valence-corrected chi connectivity index (χ4v) is 7.62. The molecule has 0 aliphatic heterocycles. The number of carbonyl (C=O) groups excluding carboxylic acids is 3. The predicted octanol–water partition coefficient (Wildman–Crippen LogP) is 5.85. The molecule has 0 bridgehead atoms. The molecule has 0 N–H and O–H groups in total. The van der Waals surface area contributed by atoms with Gasteiger partial charge < -0.3 is 0 Å². The number of ketones is 3. The highest BCUT2D eigenvalue weighted by Crippen LogP contribution is 2.66. The zero-order valence-corrected chi connectivity index (χ0v) is 18.6. The molecule has 4 aliphatic rings. The third-order valence-corrected chi connectivity index (χ3v) is 9.45. The van der Waals surface area contributed by atoms with Crippen molar-refractivity contribution in [3.8, 4) is 0 Å². The van der Waals surface area contributed by atoms with Crippen LogP contribution in [0.1, 0.15) is 97.8 Å². The Kier molecular flexibility index (Phi) is 5.63. The Hall–Kier alpha value is -1.25. The molecule has 6 atom stereocenters. The molecule has 0 aromatic carbocycles. The Morgan fingerprint density at radius 3 is 2.55 bits per heavy atom. The summed E-state index contributed by atoms with van der Waals surface area (Å²) in [6, 6.07) is 0. The Bertz CT molecular complexity index is 734. The first-order valence-electron chi connectivity index (χ1n) is 12.1. The van der Waals surface area contributed by atoms with Crippen molar-refractivity contribution in [3.63, 3.8) is 0 Å². The normalized spacial score (nSPS) is 41.4. The maximum Gasteiger partial charge on any atom is 0.155 e. The average molecular weight is 399 g/mol. The molecule has 0 saturated heterocycles. The largest absolute Gasteiger partial charge is 0.300 e. The molecule has 4 unspecified atom stereocenters. The van der Waals surface area contributed by atoms with Gasteiger partial charge in [-0.3, -0.25) is 14.4 Å². The van der Waals surface area contributed by atoms with Crippen molar-refractivity contribution in [2.75, 3.05) is 0 Å². The van der Waals surface area contributed by atoms with Gasteiger partial charge in [-0.25, -0.2) is 0 Å². The number of fused-ring (bicyclic) bond motifs is 5. The van der Waals surface area contributed by atoms with Gasteiger partial charge in [0.05, 0.1) is 0 Å². The van der Waals surface area contributed by atoms with Gasteiger partial charge in [-0.2, -0.15) is 0 Å². The molecule has 4 rings (SSSR count). The minimum absolute atomic E-state index is 0.119. The number of carbonyl (C=O) groups is 3. The van der Waals surface area contributed by atoms with Crippen LogP contribution in [0, 0.1) is 34.5 Å². The van der Waals surface area contributed by atoms with Crippen LogP contribution in [0.25, 0.3) is 0 Å². The fourth-order valence-electron chi connectivity index (χ4n) is 7.62. The number of unbranched alkanes of at least 4 members (excludes halogenated alkanes) is 1. The summed E-state index contributed by atoms with van der Waals surface area (Å²) < 4.78 is 0. The molecule has 0 aromatic heterocycles. The molecule has 0 spiro atoms. The van der Waals surface area contributed by atoms with Gasteiger partial charge in [0.1, 0.15) is 11.6 Å². The van der Waals surface area contributed by atoms with E-state index < -0.39 is 0 Å². The summed E-state index contributed by atoms with van der Waals surface area (Å²) in [6.45, 7) is 6.75. The molecule has 3 saturated carbocycles. The van der Waals surface area contributed by atoms with Crippen LogP contribution in [0.15, 0.2) is 11.6 Å².